The quantitative estimate of drug-likeness (QED) is 0.570. The Morgan fingerprint density at radius 1 is 1.33 bits per heavy atom. The molecule has 0 aliphatic carbocycles. The second kappa shape index (κ2) is 8.42. The molecule has 0 radical (unpaired) electrons. The van der Waals surface area contributed by atoms with Gasteiger partial charge < -0.3 is 14.6 Å². The third-order valence-electron chi connectivity index (χ3n) is 3.68. The number of nitrogens with zero attached hydrogens (tertiary/aromatic N) is 1. The van der Waals surface area contributed by atoms with Crippen LogP contribution in [0.15, 0.2) is 23.2 Å². The molecule has 0 amide bonds. The Hall–Kier alpha value is -1.69. The van der Waals surface area contributed by atoms with Crippen molar-refractivity contribution in [2.24, 2.45) is 4.99 Å². The number of benzene rings is 1. The van der Waals surface area contributed by atoms with Gasteiger partial charge in [0.05, 0.1) is 13.2 Å². The summed E-state index contributed by atoms with van der Waals surface area (Å²) in [5.41, 5.74) is -0.271. The topological polar surface area (TPSA) is 68.1 Å². The maximum absolute atomic E-state index is 12.2. The smallest absolute Gasteiger partial charge is 0.334 e. The largest absolute Gasteiger partial charge is 0.507 e. The summed E-state index contributed by atoms with van der Waals surface area (Å²) in [6, 6.07) is 5.20. The molecule has 6 heteroatoms. The standard InChI is InChI=1S/C18H25NO4S/c1-4-6-10-22-13-7-8-14(15(20)11-13)16-19-18(3,12-24-16)17(21)23-9-5-2/h7-8,11,20H,4-6,9-10,12H2,1-3H3/t18-/m1/s1. The molecule has 0 saturated carbocycles. The molecule has 1 aliphatic rings. The minimum Gasteiger partial charge on any atom is -0.507 e. The van der Waals surface area contributed by atoms with Crippen LogP contribution in [0, 0.1) is 0 Å². The molecule has 1 atom stereocenters. The van der Waals surface area contributed by atoms with E-state index in [2.05, 4.69) is 11.9 Å². The lowest BCUT2D eigenvalue weighted by Crippen LogP contribution is -2.35. The summed E-state index contributed by atoms with van der Waals surface area (Å²) in [5, 5.41) is 10.9. The molecule has 1 aliphatic heterocycles. The molecule has 5 nitrogen and oxygen atoms in total. The van der Waals surface area contributed by atoms with E-state index in [9.17, 15) is 9.90 Å². The van der Waals surface area contributed by atoms with Gasteiger partial charge in [0.1, 0.15) is 16.5 Å². The molecule has 0 saturated heterocycles. The average Bonchev–Trinajstić information content (AvgIpc) is 2.96. The van der Waals surface area contributed by atoms with E-state index in [1.165, 1.54) is 11.8 Å². The molecule has 2 rings (SSSR count). The van der Waals surface area contributed by atoms with Crippen LogP contribution in [-0.4, -0.2) is 40.6 Å². The summed E-state index contributed by atoms with van der Waals surface area (Å²) >= 11 is 1.45. The van der Waals surface area contributed by atoms with Gasteiger partial charge in [0, 0.05) is 17.4 Å². The number of carbonyl (C=O) groups excluding carboxylic acids is 1. The molecular weight excluding hydrogens is 326 g/mol. The molecule has 1 N–H and O–H groups in total. The lowest BCUT2D eigenvalue weighted by molar-refractivity contribution is -0.148. The number of ether oxygens (including phenoxy) is 2. The lowest BCUT2D eigenvalue weighted by atomic mass is 10.1. The van der Waals surface area contributed by atoms with Gasteiger partial charge in [0.25, 0.3) is 0 Å². The van der Waals surface area contributed by atoms with Gasteiger partial charge in [-0.15, -0.1) is 11.8 Å². The van der Waals surface area contributed by atoms with Crippen molar-refractivity contribution in [3.05, 3.63) is 23.8 Å². The van der Waals surface area contributed by atoms with Crippen LogP contribution >= 0.6 is 11.8 Å². The Morgan fingerprint density at radius 3 is 2.79 bits per heavy atom. The second-order valence-corrected chi connectivity index (χ2v) is 6.96. The lowest BCUT2D eigenvalue weighted by Gasteiger charge is -2.17. The Balaban J connectivity index is 2.11. The highest BCUT2D eigenvalue weighted by Crippen LogP contribution is 2.36. The van der Waals surface area contributed by atoms with Crippen molar-refractivity contribution in [3.63, 3.8) is 0 Å². The van der Waals surface area contributed by atoms with Crippen LogP contribution in [0.4, 0.5) is 0 Å². The molecular formula is C18H25NO4S. The SMILES string of the molecule is CCCCOc1ccc(C2=N[C@@](C)(C(=O)OCCC)CS2)c(O)c1. The molecule has 0 fully saturated rings. The van der Waals surface area contributed by atoms with Crippen LogP contribution in [0.2, 0.25) is 0 Å². The van der Waals surface area contributed by atoms with E-state index < -0.39 is 5.54 Å². The van der Waals surface area contributed by atoms with E-state index in [0.29, 0.717) is 35.3 Å². The number of phenolic OH excluding ortho intramolecular Hbond substituents is 1. The highest BCUT2D eigenvalue weighted by Gasteiger charge is 2.40. The zero-order chi connectivity index (χ0) is 17.6. The Morgan fingerprint density at radius 2 is 2.12 bits per heavy atom. The van der Waals surface area contributed by atoms with Crippen molar-refractivity contribution >= 4 is 22.8 Å². The highest BCUT2D eigenvalue weighted by atomic mass is 32.2. The van der Waals surface area contributed by atoms with Gasteiger partial charge in [0.15, 0.2) is 5.54 Å². The fraction of sp³-hybridized carbons (Fsp3) is 0.556. The molecule has 132 valence electrons. The number of phenols is 1. The van der Waals surface area contributed by atoms with Crippen LogP contribution in [0.25, 0.3) is 0 Å². The number of aromatic hydroxyl groups is 1. The number of esters is 1. The molecule has 1 aromatic rings. The van der Waals surface area contributed by atoms with Crippen LogP contribution in [0.3, 0.4) is 0 Å². The van der Waals surface area contributed by atoms with Crippen LogP contribution in [-0.2, 0) is 9.53 Å². The van der Waals surface area contributed by atoms with Gasteiger partial charge >= 0.3 is 5.97 Å². The van der Waals surface area contributed by atoms with Crippen LogP contribution in [0.5, 0.6) is 11.5 Å². The molecule has 1 aromatic carbocycles. The summed E-state index contributed by atoms with van der Waals surface area (Å²) in [7, 11) is 0. The first-order valence-electron chi connectivity index (χ1n) is 8.36. The van der Waals surface area contributed by atoms with Crippen molar-refractivity contribution < 1.29 is 19.4 Å². The fourth-order valence-electron chi connectivity index (χ4n) is 2.21. The molecule has 0 unspecified atom stereocenters. The summed E-state index contributed by atoms with van der Waals surface area (Å²) in [6.45, 7) is 6.85. The van der Waals surface area contributed by atoms with Crippen molar-refractivity contribution in [2.75, 3.05) is 19.0 Å². The monoisotopic (exact) mass is 351 g/mol. The normalized spacial score (nSPS) is 19.9. The van der Waals surface area contributed by atoms with Crippen LogP contribution in [0.1, 0.15) is 45.6 Å². The first-order chi connectivity index (χ1) is 11.5. The predicted molar refractivity (Wildman–Crippen MR) is 97.2 cm³/mol. The molecule has 0 spiro atoms. The second-order valence-electron chi connectivity index (χ2n) is 6.00. The van der Waals surface area contributed by atoms with Crippen molar-refractivity contribution in [1.29, 1.82) is 0 Å². The molecule has 24 heavy (non-hydrogen) atoms. The summed E-state index contributed by atoms with van der Waals surface area (Å²) in [5.74, 6) is 0.949. The van der Waals surface area contributed by atoms with E-state index in [1.54, 1.807) is 19.1 Å². The van der Waals surface area contributed by atoms with Crippen molar-refractivity contribution in [3.8, 4) is 11.5 Å². The zero-order valence-electron chi connectivity index (χ0n) is 14.5. The van der Waals surface area contributed by atoms with Gasteiger partial charge in [-0.05, 0) is 31.9 Å². The van der Waals surface area contributed by atoms with E-state index in [-0.39, 0.29) is 11.7 Å². The van der Waals surface area contributed by atoms with Gasteiger partial charge in [-0.1, -0.05) is 20.3 Å². The molecule has 0 bridgehead atoms. The minimum absolute atomic E-state index is 0.112. The summed E-state index contributed by atoms with van der Waals surface area (Å²) in [4.78, 5) is 16.7. The van der Waals surface area contributed by atoms with E-state index in [4.69, 9.17) is 9.47 Å². The maximum atomic E-state index is 12.2. The zero-order valence-corrected chi connectivity index (χ0v) is 15.3. The van der Waals surface area contributed by atoms with E-state index in [0.717, 1.165) is 19.3 Å². The average molecular weight is 351 g/mol. The summed E-state index contributed by atoms with van der Waals surface area (Å²) < 4.78 is 10.8. The maximum Gasteiger partial charge on any atom is 0.334 e. The van der Waals surface area contributed by atoms with E-state index in [1.807, 2.05) is 13.0 Å². The first kappa shape index (κ1) is 18.6. The number of hydrogen-bond donors (Lipinski definition) is 1. The van der Waals surface area contributed by atoms with Crippen LogP contribution < -0.4 is 4.74 Å². The Bertz CT molecular complexity index is 617. The number of rotatable bonds is 8. The third kappa shape index (κ3) is 4.44. The van der Waals surface area contributed by atoms with Crippen molar-refractivity contribution in [1.82, 2.24) is 0 Å². The van der Waals surface area contributed by atoms with Crippen molar-refractivity contribution in [2.45, 2.75) is 45.6 Å². The number of thioether (sulfide) groups is 1. The number of unbranched alkanes of at least 4 members (excludes halogenated alkanes) is 1. The predicted octanol–water partition coefficient (Wildman–Crippen LogP) is 3.78. The Kier molecular flexibility index (Phi) is 6.54. The summed E-state index contributed by atoms with van der Waals surface area (Å²) in [6.07, 6.45) is 2.82. The highest BCUT2D eigenvalue weighted by molar-refractivity contribution is 8.14. The van der Waals surface area contributed by atoms with E-state index >= 15 is 0 Å². The molecule has 0 aromatic heterocycles. The Labute approximate surface area is 147 Å². The fourth-order valence-corrected chi connectivity index (χ4v) is 3.40. The number of hydrogen-bond acceptors (Lipinski definition) is 6. The van der Waals surface area contributed by atoms with Gasteiger partial charge in [-0.3, -0.25) is 4.99 Å². The number of aliphatic imine (C=N–C) groups is 1. The number of carbonyl (C=O) groups is 1. The van der Waals surface area contributed by atoms with Gasteiger partial charge in [-0.25, -0.2) is 4.79 Å². The molecule has 1 heterocycles. The third-order valence-corrected chi connectivity index (χ3v) is 4.97. The first-order valence-corrected chi connectivity index (χ1v) is 9.34. The van der Waals surface area contributed by atoms with Gasteiger partial charge in [-0.2, -0.15) is 0 Å². The van der Waals surface area contributed by atoms with Gasteiger partial charge in [0.2, 0.25) is 0 Å². The minimum atomic E-state index is -0.891.